The molecule has 0 bridgehead atoms. The van der Waals surface area contributed by atoms with Crippen molar-refractivity contribution < 1.29 is 16.8 Å². The van der Waals surface area contributed by atoms with Crippen LogP contribution in [0.2, 0.25) is 0 Å². The van der Waals surface area contributed by atoms with Crippen LogP contribution in [0.3, 0.4) is 0 Å². The third-order valence-corrected chi connectivity index (χ3v) is 5.84. The molecule has 1 aromatic rings. The molecule has 0 fully saturated rings. The second-order valence-electron chi connectivity index (χ2n) is 5.21. The number of benzene rings is 1. The van der Waals surface area contributed by atoms with Crippen molar-refractivity contribution in [2.75, 3.05) is 27.6 Å². The van der Waals surface area contributed by atoms with Crippen LogP contribution in [-0.4, -0.2) is 35.4 Å². The zero-order chi connectivity index (χ0) is 15.7. The summed E-state index contributed by atoms with van der Waals surface area (Å²) in [6.07, 6.45) is 3.14. The van der Waals surface area contributed by atoms with E-state index in [-0.39, 0.29) is 5.75 Å². The molecule has 118 valence electrons. The number of rotatable bonds is 5. The van der Waals surface area contributed by atoms with Gasteiger partial charge in [-0.05, 0) is 43.0 Å². The lowest BCUT2D eigenvalue weighted by Crippen LogP contribution is -2.37. The SMILES string of the molecule is CCCS(=O)(=O)N1CCCc2cc(NS(C)(=O)=O)ccc21. The molecule has 0 amide bonds. The topological polar surface area (TPSA) is 83.6 Å². The Kier molecular flexibility index (Phi) is 4.48. The van der Waals surface area contributed by atoms with Gasteiger partial charge in [0, 0.05) is 12.2 Å². The van der Waals surface area contributed by atoms with Gasteiger partial charge in [0.2, 0.25) is 20.0 Å². The van der Waals surface area contributed by atoms with Crippen LogP contribution in [0.4, 0.5) is 11.4 Å². The van der Waals surface area contributed by atoms with E-state index in [0.717, 1.165) is 24.7 Å². The lowest BCUT2D eigenvalue weighted by Gasteiger charge is -2.30. The van der Waals surface area contributed by atoms with Gasteiger partial charge in [0.15, 0.2) is 0 Å². The summed E-state index contributed by atoms with van der Waals surface area (Å²) in [5.74, 6) is 0.121. The van der Waals surface area contributed by atoms with E-state index in [1.54, 1.807) is 18.2 Å². The second-order valence-corrected chi connectivity index (χ2v) is 8.97. The highest BCUT2D eigenvalue weighted by Gasteiger charge is 2.26. The maximum Gasteiger partial charge on any atom is 0.235 e. The van der Waals surface area contributed by atoms with Crippen LogP contribution in [0, 0.1) is 0 Å². The van der Waals surface area contributed by atoms with Crippen molar-refractivity contribution in [3.8, 4) is 0 Å². The van der Waals surface area contributed by atoms with Crippen LogP contribution < -0.4 is 9.03 Å². The summed E-state index contributed by atoms with van der Waals surface area (Å²) in [6, 6.07) is 4.99. The molecule has 21 heavy (non-hydrogen) atoms. The fraction of sp³-hybridized carbons (Fsp3) is 0.538. The van der Waals surface area contributed by atoms with Gasteiger partial charge in [-0.2, -0.15) is 0 Å². The minimum Gasteiger partial charge on any atom is -0.284 e. The standard InChI is InChI=1S/C13H20N2O4S2/c1-3-9-21(18,19)15-8-4-5-11-10-12(6-7-13(11)15)14-20(2,16)17/h6-7,10,14H,3-5,8-9H2,1-2H3. The molecule has 0 aromatic heterocycles. The zero-order valence-corrected chi connectivity index (χ0v) is 13.8. The van der Waals surface area contributed by atoms with Crippen molar-refractivity contribution >= 4 is 31.4 Å². The van der Waals surface area contributed by atoms with Crippen molar-refractivity contribution in [2.45, 2.75) is 26.2 Å². The first-order valence-corrected chi connectivity index (χ1v) is 10.3. The monoisotopic (exact) mass is 332 g/mol. The number of sulfonamides is 2. The van der Waals surface area contributed by atoms with Gasteiger partial charge in [-0.15, -0.1) is 0 Å². The molecular formula is C13H20N2O4S2. The van der Waals surface area contributed by atoms with Crippen LogP contribution >= 0.6 is 0 Å². The third-order valence-electron chi connectivity index (χ3n) is 3.26. The molecule has 1 N–H and O–H groups in total. The lowest BCUT2D eigenvalue weighted by atomic mass is 10.0. The van der Waals surface area contributed by atoms with Crippen molar-refractivity contribution in [3.63, 3.8) is 0 Å². The molecule has 1 aliphatic rings. The molecule has 0 radical (unpaired) electrons. The summed E-state index contributed by atoms with van der Waals surface area (Å²) < 4.78 is 50.9. The predicted molar refractivity (Wildman–Crippen MR) is 84.7 cm³/mol. The molecule has 0 saturated heterocycles. The van der Waals surface area contributed by atoms with Crippen LogP contribution in [0.15, 0.2) is 18.2 Å². The van der Waals surface area contributed by atoms with Gasteiger partial charge in [0.25, 0.3) is 0 Å². The Morgan fingerprint density at radius 3 is 2.57 bits per heavy atom. The maximum absolute atomic E-state index is 12.3. The van der Waals surface area contributed by atoms with Crippen LogP contribution in [0.1, 0.15) is 25.3 Å². The van der Waals surface area contributed by atoms with Crippen molar-refractivity contribution in [2.24, 2.45) is 0 Å². The largest absolute Gasteiger partial charge is 0.284 e. The van der Waals surface area contributed by atoms with E-state index in [1.807, 2.05) is 6.92 Å². The maximum atomic E-state index is 12.3. The molecule has 0 aliphatic carbocycles. The van der Waals surface area contributed by atoms with Crippen LogP contribution in [-0.2, 0) is 26.5 Å². The summed E-state index contributed by atoms with van der Waals surface area (Å²) in [4.78, 5) is 0. The van der Waals surface area contributed by atoms with E-state index in [9.17, 15) is 16.8 Å². The molecule has 1 heterocycles. The van der Waals surface area contributed by atoms with Gasteiger partial charge in [-0.1, -0.05) is 6.92 Å². The van der Waals surface area contributed by atoms with Crippen molar-refractivity contribution in [3.05, 3.63) is 23.8 Å². The van der Waals surface area contributed by atoms with Gasteiger partial charge >= 0.3 is 0 Å². The molecule has 6 nitrogen and oxygen atoms in total. The fourth-order valence-corrected chi connectivity index (χ4v) is 4.67. The average Bonchev–Trinajstić information content (AvgIpc) is 2.35. The smallest absolute Gasteiger partial charge is 0.235 e. The Bertz CT molecular complexity index is 727. The molecule has 1 aromatic carbocycles. The molecule has 0 spiro atoms. The summed E-state index contributed by atoms with van der Waals surface area (Å²) in [7, 11) is -6.64. The number of hydrogen-bond acceptors (Lipinski definition) is 4. The molecule has 1 aliphatic heterocycles. The van der Waals surface area contributed by atoms with E-state index < -0.39 is 20.0 Å². The molecular weight excluding hydrogens is 312 g/mol. The highest BCUT2D eigenvalue weighted by atomic mass is 32.2. The molecule has 0 unspecified atom stereocenters. The van der Waals surface area contributed by atoms with E-state index in [1.165, 1.54) is 4.31 Å². The Morgan fingerprint density at radius 1 is 1.24 bits per heavy atom. The van der Waals surface area contributed by atoms with Gasteiger partial charge in [-0.3, -0.25) is 9.03 Å². The number of nitrogens with one attached hydrogen (secondary N) is 1. The van der Waals surface area contributed by atoms with E-state index in [4.69, 9.17) is 0 Å². The average molecular weight is 332 g/mol. The van der Waals surface area contributed by atoms with Gasteiger partial charge in [-0.25, -0.2) is 16.8 Å². The first kappa shape index (κ1) is 16.1. The highest BCUT2D eigenvalue weighted by Crippen LogP contribution is 2.32. The molecule has 0 atom stereocenters. The minimum absolute atomic E-state index is 0.121. The lowest BCUT2D eigenvalue weighted by molar-refractivity contribution is 0.585. The van der Waals surface area contributed by atoms with E-state index in [2.05, 4.69) is 4.72 Å². The number of aryl methyl sites for hydroxylation is 1. The number of anilines is 2. The first-order chi connectivity index (χ1) is 9.73. The second kappa shape index (κ2) is 5.84. The highest BCUT2D eigenvalue weighted by molar-refractivity contribution is 7.92. The van der Waals surface area contributed by atoms with Gasteiger partial charge < -0.3 is 0 Å². The minimum atomic E-state index is -3.34. The Labute approximate surface area is 126 Å². The number of fused-ring (bicyclic) bond motifs is 1. The van der Waals surface area contributed by atoms with Crippen LogP contribution in [0.5, 0.6) is 0 Å². The first-order valence-electron chi connectivity index (χ1n) is 6.84. The normalized spacial score (nSPS) is 15.6. The van der Waals surface area contributed by atoms with Crippen molar-refractivity contribution in [1.82, 2.24) is 0 Å². The molecule has 0 saturated carbocycles. The Balaban J connectivity index is 2.37. The Morgan fingerprint density at radius 2 is 1.95 bits per heavy atom. The zero-order valence-electron chi connectivity index (χ0n) is 12.2. The molecule has 2 rings (SSSR count). The fourth-order valence-electron chi connectivity index (χ4n) is 2.50. The predicted octanol–water partition coefficient (Wildman–Crippen LogP) is 1.55. The summed E-state index contributed by atoms with van der Waals surface area (Å²) in [5.41, 5.74) is 1.98. The molecule has 8 heteroatoms. The number of nitrogens with zero attached hydrogens (tertiary/aromatic N) is 1. The third kappa shape index (κ3) is 3.88. The van der Waals surface area contributed by atoms with E-state index in [0.29, 0.717) is 24.3 Å². The quantitative estimate of drug-likeness (QED) is 0.887. The van der Waals surface area contributed by atoms with Crippen molar-refractivity contribution in [1.29, 1.82) is 0 Å². The van der Waals surface area contributed by atoms with Crippen LogP contribution in [0.25, 0.3) is 0 Å². The summed E-state index contributed by atoms with van der Waals surface area (Å²) in [6.45, 7) is 2.32. The summed E-state index contributed by atoms with van der Waals surface area (Å²) in [5, 5.41) is 0. The Hall–Kier alpha value is -1.28. The van der Waals surface area contributed by atoms with E-state index >= 15 is 0 Å². The van der Waals surface area contributed by atoms with Gasteiger partial charge in [0.05, 0.1) is 17.7 Å². The number of hydrogen-bond donors (Lipinski definition) is 1. The van der Waals surface area contributed by atoms with Gasteiger partial charge in [0.1, 0.15) is 0 Å². The summed E-state index contributed by atoms with van der Waals surface area (Å²) >= 11 is 0.